The summed E-state index contributed by atoms with van der Waals surface area (Å²) in [6.07, 6.45) is 1.18. The van der Waals surface area contributed by atoms with E-state index in [9.17, 15) is 4.79 Å². The molecule has 1 aromatic carbocycles. The number of rotatable bonds is 4. The lowest BCUT2D eigenvalue weighted by Crippen LogP contribution is -2.64. The van der Waals surface area contributed by atoms with Crippen LogP contribution in [0.5, 0.6) is 0 Å². The summed E-state index contributed by atoms with van der Waals surface area (Å²) in [5.41, 5.74) is 0.0826. The lowest BCUT2D eigenvalue weighted by Gasteiger charge is -2.53. The van der Waals surface area contributed by atoms with Crippen molar-refractivity contribution in [3.05, 3.63) is 34.9 Å². The third-order valence-electron chi connectivity index (χ3n) is 4.59. The van der Waals surface area contributed by atoms with Crippen LogP contribution in [0.15, 0.2) is 24.3 Å². The molecule has 1 aliphatic rings. The normalized spacial score (nSPS) is 20.3. The first-order valence-corrected chi connectivity index (χ1v) is 9.83. The van der Waals surface area contributed by atoms with Crippen LogP contribution in [0.1, 0.15) is 66.9 Å². The fraction of sp³-hybridized carbons (Fsp3) is 0.667. The Bertz CT molecular complexity index is 632. The molecule has 1 heterocycles. The molecular weight excluding hydrogens is 364 g/mol. The summed E-state index contributed by atoms with van der Waals surface area (Å²) in [5, 5.41) is 5.82. The number of hydrogen-bond acceptors (Lipinski definition) is 4. The quantitative estimate of drug-likeness (QED) is 0.748. The highest BCUT2D eigenvalue weighted by Gasteiger charge is 2.47. The molecule has 0 spiro atoms. The van der Waals surface area contributed by atoms with Crippen LogP contribution in [0.4, 0.5) is 4.79 Å². The second kappa shape index (κ2) is 7.98. The maximum atomic E-state index is 12.2. The zero-order valence-electron chi connectivity index (χ0n) is 17.6. The Morgan fingerprint density at radius 3 is 2.15 bits per heavy atom. The Labute approximate surface area is 168 Å². The van der Waals surface area contributed by atoms with Gasteiger partial charge in [-0.25, -0.2) is 4.79 Å². The molecule has 0 radical (unpaired) electrons. The molecule has 0 bridgehead atoms. The van der Waals surface area contributed by atoms with Crippen LogP contribution in [0.3, 0.4) is 0 Å². The number of ether oxygens (including phenoxy) is 1. The van der Waals surface area contributed by atoms with Crippen LogP contribution < -0.4 is 5.32 Å². The fourth-order valence-electron chi connectivity index (χ4n) is 3.91. The SMILES string of the molecule is CC(C)(C)OC(=O)NC1CC(C)(C)N(OCc2ccc(Cl)cc2)C(C)(C)C1. The standard InChI is InChI=1S/C21H33ClN2O3/c1-19(2,3)27-18(25)23-17-12-20(4,5)24(21(6,7)13-17)26-14-15-8-10-16(22)11-9-15/h8-11,17H,12-14H2,1-7H3,(H,23,25). The van der Waals surface area contributed by atoms with Crippen molar-refractivity contribution in [3.63, 3.8) is 0 Å². The van der Waals surface area contributed by atoms with E-state index < -0.39 is 5.60 Å². The number of carbonyl (C=O) groups is 1. The molecule has 1 aliphatic heterocycles. The number of halogens is 1. The first-order valence-electron chi connectivity index (χ1n) is 9.46. The summed E-state index contributed by atoms with van der Waals surface area (Å²) in [5.74, 6) is 0. The van der Waals surface area contributed by atoms with Gasteiger partial charge in [-0.3, -0.25) is 4.84 Å². The topological polar surface area (TPSA) is 50.8 Å². The van der Waals surface area contributed by atoms with Gasteiger partial charge in [-0.1, -0.05) is 23.7 Å². The Hall–Kier alpha value is -1.30. The van der Waals surface area contributed by atoms with Crippen LogP contribution in [0, 0.1) is 0 Å². The predicted molar refractivity (Wildman–Crippen MR) is 109 cm³/mol. The summed E-state index contributed by atoms with van der Waals surface area (Å²) in [6, 6.07) is 7.71. The van der Waals surface area contributed by atoms with Crippen LogP contribution >= 0.6 is 11.6 Å². The number of nitrogens with one attached hydrogen (secondary N) is 1. The van der Waals surface area contributed by atoms with E-state index in [2.05, 4.69) is 38.1 Å². The van der Waals surface area contributed by atoms with Gasteiger partial charge in [0.05, 0.1) is 6.61 Å². The van der Waals surface area contributed by atoms with E-state index >= 15 is 0 Å². The monoisotopic (exact) mass is 396 g/mol. The number of carbonyl (C=O) groups excluding carboxylic acids is 1. The van der Waals surface area contributed by atoms with Gasteiger partial charge in [0.2, 0.25) is 0 Å². The smallest absolute Gasteiger partial charge is 0.407 e. The Morgan fingerprint density at radius 2 is 1.67 bits per heavy atom. The van der Waals surface area contributed by atoms with Crippen molar-refractivity contribution in [2.45, 2.75) is 90.6 Å². The number of piperidine rings is 1. The van der Waals surface area contributed by atoms with Gasteiger partial charge in [0, 0.05) is 22.1 Å². The van der Waals surface area contributed by atoms with E-state index in [1.807, 2.05) is 45.0 Å². The van der Waals surface area contributed by atoms with Crippen molar-refractivity contribution in [1.82, 2.24) is 10.4 Å². The number of hydroxylamine groups is 2. The van der Waals surface area contributed by atoms with Gasteiger partial charge in [-0.05, 0) is 79.0 Å². The third kappa shape index (κ3) is 6.37. The molecule has 6 heteroatoms. The Balaban J connectivity index is 2.02. The van der Waals surface area contributed by atoms with E-state index in [4.69, 9.17) is 21.2 Å². The van der Waals surface area contributed by atoms with Crippen molar-refractivity contribution in [3.8, 4) is 0 Å². The maximum absolute atomic E-state index is 12.2. The number of nitrogens with zero attached hydrogens (tertiary/aromatic N) is 1. The van der Waals surface area contributed by atoms with Gasteiger partial charge in [0.15, 0.2) is 0 Å². The molecule has 0 unspecified atom stereocenters. The molecular formula is C21H33ClN2O3. The van der Waals surface area contributed by atoms with Gasteiger partial charge >= 0.3 is 6.09 Å². The van der Waals surface area contributed by atoms with Crippen molar-refractivity contribution < 1.29 is 14.4 Å². The van der Waals surface area contributed by atoms with Crippen LogP contribution in [0.2, 0.25) is 5.02 Å². The van der Waals surface area contributed by atoms with Gasteiger partial charge in [-0.2, -0.15) is 5.06 Å². The van der Waals surface area contributed by atoms with Gasteiger partial charge < -0.3 is 10.1 Å². The minimum atomic E-state index is -0.502. The molecule has 1 fully saturated rings. The van der Waals surface area contributed by atoms with Crippen LogP contribution in [-0.2, 0) is 16.2 Å². The van der Waals surface area contributed by atoms with E-state index in [0.29, 0.717) is 11.6 Å². The zero-order chi connectivity index (χ0) is 20.5. The van der Waals surface area contributed by atoms with Gasteiger partial charge in [-0.15, -0.1) is 0 Å². The highest BCUT2D eigenvalue weighted by atomic mass is 35.5. The first-order chi connectivity index (χ1) is 12.3. The summed E-state index contributed by atoms with van der Waals surface area (Å²) in [6.45, 7) is 14.6. The number of amides is 1. The minimum absolute atomic E-state index is 0.0280. The number of hydrogen-bond donors (Lipinski definition) is 1. The largest absolute Gasteiger partial charge is 0.444 e. The second-order valence-electron chi connectivity index (χ2n) is 9.57. The molecule has 1 N–H and O–H groups in total. The second-order valence-corrected chi connectivity index (χ2v) is 10.0. The molecule has 0 aromatic heterocycles. The summed E-state index contributed by atoms with van der Waals surface area (Å²) in [7, 11) is 0. The lowest BCUT2D eigenvalue weighted by molar-refractivity contribution is -0.290. The number of alkyl carbamates (subject to hydrolysis) is 1. The first kappa shape index (κ1) is 22.0. The molecule has 27 heavy (non-hydrogen) atoms. The van der Waals surface area contributed by atoms with Gasteiger partial charge in [0.1, 0.15) is 5.60 Å². The van der Waals surface area contributed by atoms with E-state index in [1.165, 1.54) is 0 Å². The molecule has 1 aromatic rings. The maximum Gasteiger partial charge on any atom is 0.407 e. The predicted octanol–water partition coefficient (Wildman–Crippen LogP) is 5.32. The van der Waals surface area contributed by atoms with E-state index in [0.717, 1.165) is 18.4 Å². The third-order valence-corrected chi connectivity index (χ3v) is 4.84. The summed E-state index contributed by atoms with van der Waals surface area (Å²) >= 11 is 5.95. The molecule has 1 amide bonds. The molecule has 1 saturated heterocycles. The van der Waals surface area contributed by atoms with Crippen LogP contribution in [0.25, 0.3) is 0 Å². The molecule has 0 saturated carbocycles. The summed E-state index contributed by atoms with van der Waals surface area (Å²) < 4.78 is 5.41. The average molecular weight is 397 g/mol. The molecule has 0 aliphatic carbocycles. The Morgan fingerprint density at radius 1 is 1.15 bits per heavy atom. The van der Waals surface area contributed by atoms with Crippen LogP contribution in [-0.4, -0.2) is 33.9 Å². The minimum Gasteiger partial charge on any atom is -0.444 e. The Kier molecular flexibility index (Phi) is 6.50. The van der Waals surface area contributed by atoms with Gasteiger partial charge in [0.25, 0.3) is 0 Å². The highest BCUT2D eigenvalue weighted by molar-refractivity contribution is 6.30. The number of benzene rings is 1. The van der Waals surface area contributed by atoms with E-state index in [-0.39, 0.29) is 23.2 Å². The van der Waals surface area contributed by atoms with Crippen molar-refractivity contribution in [2.24, 2.45) is 0 Å². The molecule has 5 nitrogen and oxygen atoms in total. The lowest BCUT2D eigenvalue weighted by atomic mass is 9.79. The zero-order valence-corrected chi connectivity index (χ0v) is 18.3. The molecule has 0 atom stereocenters. The van der Waals surface area contributed by atoms with Crippen molar-refractivity contribution in [1.29, 1.82) is 0 Å². The highest BCUT2D eigenvalue weighted by Crippen LogP contribution is 2.39. The molecule has 152 valence electrons. The van der Waals surface area contributed by atoms with Crippen molar-refractivity contribution >= 4 is 17.7 Å². The van der Waals surface area contributed by atoms with Crippen molar-refractivity contribution in [2.75, 3.05) is 0 Å². The molecule has 2 rings (SSSR count). The summed E-state index contributed by atoms with van der Waals surface area (Å²) in [4.78, 5) is 18.4. The fourth-order valence-corrected chi connectivity index (χ4v) is 4.03. The average Bonchev–Trinajstić information content (AvgIpc) is 2.44. The van der Waals surface area contributed by atoms with E-state index in [1.54, 1.807) is 0 Å².